The highest BCUT2D eigenvalue weighted by Crippen LogP contribution is 2.23. The summed E-state index contributed by atoms with van der Waals surface area (Å²) in [4.78, 5) is 32.5. The van der Waals surface area contributed by atoms with Crippen LogP contribution in [-0.4, -0.2) is 44.3 Å². The van der Waals surface area contributed by atoms with E-state index < -0.39 is 5.97 Å². The molecule has 0 fully saturated rings. The fourth-order valence-corrected chi connectivity index (χ4v) is 2.64. The summed E-state index contributed by atoms with van der Waals surface area (Å²) in [7, 11) is 1.32. The predicted molar refractivity (Wildman–Crippen MR) is 113 cm³/mol. The number of aromatic nitrogens is 4. The van der Waals surface area contributed by atoms with Crippen LogP contribution in [0.2, 0.25) is 0 Å². The van der Waals surface area contributed by atoms with E-state index in [1.165, 1.54) is 13.2 Å². The summed E-state index contributed by atoms with van der Waals surface area (Å²) in [6, 6.07) is 8.95. The number of amides is 1. The van der Waals surface area contributed by atoms with Gasteiger partial charge in [-0.1, -0.05) is 6.07 Å². The van der Waals surface area contributed by atoms with E-state index in [9.17, 15) is 9.59 Å². The molecule has 0 aliphatic heterocycles. The van der Waals surface area contributed by atoms with Gasteiger partial charge >= 0.3 is 5.97 Å². The van der Waals surface area contributed by atoms with E-state index in [4.69, 9.17) is 0 Å². The summed E-state index contributed by atoms with van der Waals surface area (Å²) in [5, 5.41) is 7.40. The van der Waals surface area contributed by atoms with Crippen molar-refractivity contribution in [2.24, 2.45) is 0 Å². The van der Waals surface area contributed by atoms with Crippen LogP contribution in [0.4, 0.5) is 0 Å². The zero-order chi connectivity index (χ0) is 21.7. The molecule has 1 N–H and O–H groups in total. The molecule has 0 bridgehead atoms. The number of carbonyl (C=O) groups is 2. The third kappa shape index (κ3) is 5.16. The number of esters is 1. The van der Waals surface area contributed by atoms with E-state index in [2.05, 4.69) is 25.1 Å². The Bertz CT molecular complexity index is 1060. The second kappa shape index (κ2) is 8.69. The van der Waals surface area contributed by atoms with Crippen LogP contribution in [0.25, 0.3) is 23.2 Å². The summed E-state index contributed by atoms with van der Waals surface area (Å²) in [6.07, 6.45) is 7.90. The van der Waals surface area contributed by atoms with Crippen molar-refractivity contribution in [2.45, 2.75) is 26.3 Å². The fraction of sp³-hybridized carbons (Fsp3) is 0.227. The molecule has 0 saturated carbocycles. The second-order valence-corrected chi connectivity index (χ2v) is 7.58. The maximum absolute atomic E-state index is 12.6. The molecule has 3 aromatic rings. The van der Waals surface area contributed by atoms with Crippen molar-refractivity contribution < 1.29 is 14.3 Å². The molecule has 0 aromatic carbocycles. The number of pyridine rings is 2. The molecular formula is C22H23N5O3. The Morgan fingerprint density at radius 1 is 1.17 bits per heavy atom. The number of nitrogens with zero attached hydrogens (tertiary/aromatic N) is 4. The second-order valence-electron chi connectivity index (χ2n) is 7.58. The molecule has 0 atom stereocenters. The number of rotatable bonds is 5. The van der Waals surface area contributed by atoms with E-state index >= 15 is 0 Å². The standard InChI is InChI=1S/C22H23N5O3/c1-22(2,3)25-21(29)18-12-19(27(26-18)16-6-5-11-23-14-16)17-9-7-15(13-24-17)8-10-20(28)30-4/h5-14H,1-4H3,(H,25,29)/b10-8+. The topological polar surface area (TPSA) is 99.0 Å². The van der Waals surface area contributed by atoms with Crippen molar-refractivity contribution in [3.8, 4) is 17.1 Å². The van der Waals surface area contributed by atoms with Crippen LogP contribution in [0.1, 0.15) is 36.8 Å². The van der Waals surface area contributed by atoms with Crippen molar-refractivity contribution in [1.29, 1.82) is 0 Å². The van der Waals surface area contributed by atoms with Gasteiger partial charge in [0.25, 0.3) is 5.91 Å². The average Bonchev–Trinajstić information content (AvgIpc) is 3.17. The number of nitrogens with one attached hydrogen (secondary N) is 1. The van der Waals surface area contributed by atoms with E-state index in [0.717, 1.165) is 5.56 Å². The average molecular weight is 405 g/mol. The van der Waals surface area contributed by atoms with Gasteiger partial charge in [-0.05, 0) is 56.7 Å². The molecule has 0 aliphatic carbocycles. The minimum Gasteiger partial charge on any atom is -0.466 e. The Hall–Kier alpha value is -3.81. The molecular weight excluding hydrogens is 382 g/mol. The molecule has 0 spiro atoms. The normalized spacial score (nSPS) is 11.5. The third-order valence-corrected chi connectivity index (χ3v) is 3.98. The van der Waals surface area contributed by atoms with Crippen molar-refractivity contribution in [1.82, 2.24) is 25.1 Å². The van der Waals surface area contributed by atoms with Gasteiger partial charge in [0.1, 0.15) is 0 Å². The van der Waals surface area contributed by atoms with E-state index in [-0.39, 0.29) is 17.1 Å². The maximum atomic E-state index is 12.6. The Morgan fingerprint density at radius 3 is 2.57 bits per heavy atom. The van der Waals surface area contributed by atoms with Crippen LogP contribution >= 0.6 is 0 Å². The van der Waals surface area contributed by atoms with Crippen molar-refractivity contribution in [3.63, 3.8) is 0 Å². The number of ether oxygens (including phenoxy) is 1. The summed E-state index contributed by atoms with van der Waals surface area (Å²) in [5.74, 6) is -0.716. The molecule has 0 unspecified atom stereocenters. The third-order valence-electron chi connectivity index (χ3n) is 3.98. The summed E-state index contributed by atoms with van der Waals surface area (Å²) < 4.78 is 6.22. The lowest BCUT2D eigenvalue weighted by Crippen LogP contribution is -2.40. The molecule has 30 heavy (non-hydrogen) atoms. The molecule has 154 valence electrons. The van der Waals surface area contributed by atoms with E-state index in [1.807, 2.05) is 32.9 Å². The first kappa shape index (κ1) is 20.9. The first-order valence-electron chi connectivity index (χ1n) is 9.32. The first-order chi connectivity index (χ1) is 14.3. The molecule has 8 heteroatoms. The molecule has 3 rings (SSSR count). The monoisotopic (exact) mass is 405 g/mol. The van der Waals surface area contributed by atoms with Gasteiger partial charge in [-0.25, -0.2) is 9.48 Å². The van der Waals surface area contributed by atoms with Crippen LogP contribution in [0.15, 0.2) is 55.0 Å². The van der Waals surface area contributed by atoms with Gasteiger partial charge < -0.3 is 10.1 Å². The molecule has 0 aliphatic rings. The Balaban J connectivity index is 1.99. The Morgan fingerprint density at radius 2 is 1.97 bits per heavy atom. The Labute approximate surface area is 174 Å². The van der Waals surface area contributed by atoms with Crippen molar-refractivity contribution >= 4 is 18.0 Å². The van der Waals surface area contributed by atoms with Gasteiger partial charge in [0.2, 0.25) is 0 Å². The van der Waals surface area contributed by atoms with E-state index in [0.29, 0.717) is 17.1 Å². The van der Waals surface area contributed by atoms with Crippen LogP contribution in [-0.2, 0) is 9.53 Å². The number of carbonyl (C=O) groups excluding carboxylic acids is 2. The van der Waals surface area contributed by atoms with Gasteiger partial charge in [-0.2, -0.15) is 5.10 Å². The predicted octanol–water partition coefficient (Wildman–Crippen LogP) is 3.04. The summed E-state index contributed by atoms with van der Waals surface area (Å²) in [6.45, 7) is 5.73. The molecule has 3 aromatic heterocycles. The number of methoxy groups -OCH3 is 1. The molecule has 0 saturated heterocycles. The smallest absolute Gasteiger partial charge is 0.330 e. The van der Waals surface area contributed by atoms with Crippen molar-refractivity contribution in [2.75, 3.05) is 7.11 Å². The summed E-state index contributed by atoms with van der Waals surface area (Å²) >= 11 is 0. The van der Waals surface area contributed by atoms with Gasteiger partial charge in [-0.3, -0.25) is 14.8 Å². The van der Waals surface area contributed by atoms with Crippen LogP contribution in [0, 0.1) is 0 Å². The SMILES string of the molecule is COC(=O)/C=C/c1ccc(-c2cc(C(=O)NC(C)(C)C)nn2-c2cccnc2)nc1. The van der Waals surface area contributed by atoms with Gasteiger partial charge in [0, 0.05) is 24.0 Å². The highest BCUT2D eigenvalue weighted by molar-refractivity contribution is 5.94. The largest absolute Gasteiger partial charge is 0.466 e. The lowest BCUT2D eigenvalue weighted by Gasteiger charge is -2.19. The minimum absolute atomic E-state index is 0.274. The maximum Gasteiger partial charge on any atom is 0.330 e. The first-order valence-corrected chi connectivity index (χ1v) is 9.32. The van der Waals surface area contributed by atoms with Crippen LogP contribution in [0.3, 0.4) is 0 Å². The molecule has 8 nitrogen and oxygen atoms in total. The molecule has 3 heterocycles. The highest BCUT2D eigenvalue weighted by atomic mass is 16.5. The fourth-order valence-electron chi connectivity index (χ4n) is 2.64. The van der Waals surface area contributed by atoms with Crippen LogP contribution < -0.4 is 5.32 Å². The zero-order valence-electron chi connectivity index (χ0n) is 17.3. The zero-order valence-corrected chi connectivity index (χ0v) is 17.3. The van der Waals surface area contributed by atoms with Gasteiger partial charge in [0.05, 0.1) is 30.4 Å². The lowest BCUT2D eigenvalue weighted by molar-refractivity contribution is -0.134. The molecule has 0 radical (unpaired) electrons. The number of hydrogen-bond donors (Lipinski definition) is 1. The molecule has 1 amide bonds. The Kier molecular flexibility index (Phi) is 6.06. The van der Waals surface area contributed by atoms with Crippen LogP contribution in [0.5, 0.6) is 0 Å². The quantitative estimate of drug-likeness (QED) is 0.517. The minimum atomic E-state index is -0.441. The van der Waals surface area contributed by atoms with Crippen molar-refractivity contribution in [3.05, 3.63) is 66.3 Å². The number of hydrogen-bond acceptors (Lipinski definition) is 6. The van der Waals surface area contributed by atoms with E-state index in [1.54, 1.807) is 47.5 Å². The summed E-state index contributed by atoms with van der Waals surface area (Å²) in [5.41, 5.74) is 2.60. The highest BCUT2D eigenvalue weighted by Gasteiger charge is 2.21. The lowest BCUT2D eigenvalue weighted by atomic mass is 10.1. The van der Waals surface area contributed by atoms with Gasteiger partial charge in [-0.15, -0.1) is 0 Å². The van der Waals surface area contributed by atoms with Gasteiger partial charge in [0.15, 0.2) is 5.69 Å².